The van der Waals surface area contributed by atoms with Gasteiger partial charge in [-0.25, -0.2) is 9.37 Å². The van der Waals surface area contributed by atoms with Gasteiger partial charge in [0.2, 0.25) is 5.91 Å². The van der Waals surface area contributed by atoms with Crippen molar-refractivity contribution in [3.05, 3.63) is 52.6 Å². The fourth-order valence-electron chi connectivity index (χ4n) is 3.92. The number of aromatic nitrogens is 1. The van der Waals surface area contributed by atoms with E-state index in [2.05, 4.69) is 4.98 Å². The van der Waals surface area contributed by atoms with Gasteiger partial charge in [-0.1, -0.05) is 30.7 Å². The lowest BCUT2D eigenvalue weighted by Crippen LogP contribution is -2.41. The van der Waals surface area contributed by atoms with Crippen LogP contribution in [0.2, 0.25) is 5.15 Å². The van der Waals surface area contributed by atoms with Crippen molar-refractivity contribution in [1.29, 1.82) is 0 Å². The Labute approximate surface area is 181 Å². The molecule has 1 aromatic carbocycles. The molecule has 2 aliphatic heterocycles. The van der Waals surface area contributed by atoms with E-state index in [0.717, 1.165) is 5.56 Å². The van der Waals surface area contributed by atoms with Crippen LogP contribution in [0.5, 0.6) is 0 Å². The Morgan fingerprint density at radius 2 is 1.97 bits per heavy atom. The van der Waals surface area contributed by atoms with Crippen LogP contribution in [-0.4, -0.2) is 35.8 Å². The molecule has 1 atom stereocenters. The third-order valence-corrected chi connectivity index (χ3v) is 6.72. The van der Waals surface area contributed by atoms with Crippen LogP contribution in [0.4, 0.5) is 10.1 Å². The molecule has 1 saturated heterocycles. The van der Waals surface area contributed by atoms with Crippen LogP contribution in [0.1, 0.15) is 51.7 Å². The maximum atomic E-state index is 15.2. The average Bonchev–Trinajstić information content (AvgIpc) is 3.10. The number of benzene rings is 1. The normalized spacial score (nSPS) is 21.8. The van der Waals surface area contributed by atoms with Crippen molar-refractivity contribution >= 4 is 35.8 Å². The van der Waals surface area contributed by atoms with E-state index >= 15 is 4.39 Å². The number of carbonyl (C=O) groups excluding carboxylic acids is 1. The first-order valence-electron chi connectivity index (χ1n) is 10.1. The molecule has 2 aliphatic rings. The van der Waals surface area contributed by atoms with Crippen LogP contribution in [-0.2, 0) is 20.5 Å². The number of rotatable bonds is 3. The summed E-state index contributed by atoms with van der Waals surface area (Å²) in [5.41, 5.74) is 1.34. The van der Waals surface area contributed by atoms with Gasteiger partial charge < -0.3 is 14.2 Å². The number of hydrogen-bond acceptors (Lipinski definition) is 4. The highest BCUT2D eigenvalue weighted by atomic mass is 35.5. The first kappa shape index (κ1) is 21.3. The summed E-state index contributed by atoms with van der Waals surface area (Å²) in [6, 6.07) is 6.80. The van der Waals surface area contributed by atoms with Crippen LogP contribution in [0.25, 0.3) is 0 Å². The quantitative estimate of drug-likeness (QED) is 0.548. The average molecular weight is 431 g/mol. The highest BCUT2D eigenvalue weighted by molar-refractivity contribution is 6.62. The van der Waals surface area contributed by atoms with Gasteiger partial charge in [-0.3, -0.25) is 4.79 Å². The van der Waals surface area contributed by atoms with Gasteiger partial charge in [-0.2, -0.15) is 0 Å². The van der Waals surface area contributed by atoms with Crippen LogP contribution in [0, 0.1) is 5.82 Å². The van der Waals surface area contributed by atoms with Gasteiger partial charge in [0.25, 0.3) is 0 Å². The molecule has 3 heterocycles. The standard InChI is InChI=1S/C22H25BClFN2O3/c1-13-12-27(18(28)9-14-7-6-8-26-20(14)24)19-16(13)10-15(11-17(19)25)23-29-21(2,3)22(4,5)30-23/h6-8,10-11,13H,9,12H2,1-5H3. The van der Waals surface area contributed by atoms with Gasteiger partial charge in [0, 0.05) is 18.7 Å². The van der Waals surface area contributed by atoms with E-state index in [1.165, 1.54) is 11.0 Å². The molecule has 0 spiro atoms. The molecule has 30 heavy (non-hydrogen) atoms. The van der Waals surface area contributed by atoms with E-state index in [1.54, 1.807) is 18.3 Å². The Bertz CT molecular complexity index is 998. The lowest BCUT2D eigenvalue weighted by atomic mass is 9.77. The van der Waals surface area contributed by atoms with E-state index in [1.807, 2.05) is 40.7 Å². The van der Waals surface area contributed by atoms with Crippen LogP contribution < -0.4 is 10.4 Å². The highest BCUT2D eigenvalue weighted by Gasteiger charge is 2.52. The number of halogens is 2. The molecule has 1 amide bonds. The Kier molecular flexibility index (Phi) is 5.20. The van der Waals surface area contributed by atoms with E-state index in [0.29, 0.717) is 23.3 Å². The van der Waals surface area contributed by atoms with E-state index in [-0.39, 0.29) is 23.4 Å². The molecule has 5 nitrogen and oxygen atoms in total. The van der Waals surface area contributed by atoms with Crippen molar-refractivity contribution in [2.75, 3.05) is 11.4 Å². The Balaban J connectivity index is 1.63. The molecule has 8 heteroatoms. The predicted molar refractivity (Wildman–Crippen MR) is 116 cm³/mol. The number of amides is 1. The Morgan fingerprint density at radius 3 is 2.60 bits per heavy atom. The third-order valence-electron chi connectivity index (χ3n) is 6.38. The molecule has 158 valence electrons. The highest BCUT2D eigenvalue weighted by Crippen LogP contribution is 2.40. The zero-order chi connectivity index (χ0) is 21.8. The number of fused-ring (bicyclic) bond motifs is 1. The van der Waals surface area contributed by atoms with Gasteiger partial charge in [0.1, 0.15) is 11.0 Å². The number of carbonyl (C=O) groups is 1. The Hall–Kier alpha value is -1.96. The molecule has 0 bridgehead atoms. The van der Waals surface area contributed by atoms with Gasteiger partial charge in [-0.15, -0.1) is 0 Å². The molecule has 0 N–H and O–H groups in total. The molecule has 0 saturated carbocycles. The zero-order valence-electron chi connectivity index (χ0n) is 17.8. The molecular weight excluding hydrogens is 406 g/mol. The summed E-state index contributed by atoms with van der Waals surface area (Å²) in [7, 11) is -0.652. The summed E-state index contributed by atoms with van der Waals surface area (Å²) in [5.74, 6) is -0.671. The van der Waals surface area contributed by atoms with Crippen LogP contribution in [0.3, 0.4) is 0 Å². The Morgan fingerprint density at radius 1 is 1.30 bits per heavy atom. The van der Waals surface area contributed by atoms with Gasteiger partial charge >= 0.3 is 7.12 Å². The van der Waals surface area contributed by atoms with Crippen molar-refractivity contribution in [3.63, 3.8) is 0 Å². The lowest BCUT2D eigenvalue weighted by molar-refractivity contribution is -0.118. The molecule has 0 radical (unpaired) electrons. The first-order valence-corrected chi connectivity index (χ1v) is 10.5. The fraction of sp³-hybridized carbons (Fsp3) is 0.455. The molecule has 1 aromatic heterocycles. The second-order valence-electron chi connectivity index (χ2n) is 9.06. The van der Waals surface area contributed by atoms with Crippen molar-refractivity contribution in [1.82, 2.24) is 4.98 Å². The summed E-state index contributed by atoms with van der Waals surface area (Å²) in [4.78, 5) is 18.5. The number of nitrogens with zero attached hydrogens (tertiary/aromatic N) is 2. The van der Waals surface area contributed by atoms with Gasteiger partial charge in [0.15, 0.2) is 0 Å². The minimum Gasteiger partial charge on any atom is -0.399 e. The van der Waals surface area contributed by atoms with E-state index in [4.69, 9.17) is 20.9 Å². The third kappa shape index (κ3) is 3.53. The molecule has 1 unspecified atom stereocenters. The summed E-state index contributed by atoms with van der Waals surface area (Å²) >= 11 is 6.09. The minimum atomic E-state index is -0.652. The van der Waals surface area contributed by atoms with Gasteiger partial charge in [0.05, 0.1) is 23.3 Å². The predicted octanol–water partition coefficient (Wildman–Crippen LogP) is 3.87. The van der Waals surface area contributed by atoms with Crippen molar-refractivity contribution < 1.29 is 18.5 Å². The van der Waals surface area contributed by atoms with E-state index in [9.17, 15) is 4.79 Å². The van der Waals surface area contributed by atoms with Gasteiger partial charge in [-0.05, 0) is 56.4 Å². The summed E-state index contributed by atoms with van der Waals surface area (Å²) in [6.07, 6.45) is 1.64. The van der Waals surface area contributed by atoms with Crippen molar-refractivity contribution in [3.8, 4) is 0 Å². The van der Waals surface area contributed by atoms with Crippen LogP contribution in [0.15, 0.2) is 30.5 Å². The maximum Gasteiger partial charge on any atom is 0.494 e. The minimum absolute atomic E-state index is 0.00908. The smallest absolute Gasteiger partial charge is 0.399 e. The molecule has 2 aromatic rings. The first-order chi connectivity index (χ1) is 14.0. The monoisotopic (exact) mass is 430 g/mol. The topological polar surface area (TPSA) is 51.7 Å². The second-order valence-corrected chi connectivity index (χ2v) is 9.42. The van der Waals surface area contributed by atoms with Crippen molar-refractivity contribution in [2.24, 2.45) is 0 Å². The zero-order valence-corrected chi connectivity index (χ0v) is 18.6. The summed E-state index contributed by atoms with van der Waals surface area (Å²) in [6.45, 7) is 10.2. The SMILES string of the molecule is CC1CN(C(=O)Cc2cccnc2Cl)c2c(F)cc(B3OC(C)(C)C(C)(C)O3)cc21. The fourth-order valence-corrected chi connectivity index (χ4v) is 4.10. The maximum absolute atomic E-state index is 15.2. The molecular formula is C22H25BClFN2O3. The summed E-state index contributed by atoms with van der Waals surface area (Å²) < 4.78 is 27.4. The lowest BCUT2D eigenvalue weighted by Gasteiger charge is -2.32. The van der Waals surface area contributed by atoms with Crippen LogP contribution >= 0.6 is 11.6 Å². The number of pyridine rings is 1. The molecule has 0 aliphatic carbocycles. The number of anilines is 1. The van der Waals surface area contributed by atoms with E-state index < -0.39 is 24.1 Å². The number of hydrogen-bond donors (Lipinski definition) is 0. The summed E-state index contributed by atoms with van der Waals surface area (Å²) in [5, 5.41) is 0.287. The largest absolute Gasteiger partial charge is 0.494 e. The molecule has 4 rings (SSSR count). The second kappa shape index (κ2) is 7.33. The molecule has 1 fully saturated rings. The van der Waals surface area contributed by atoms with Crippen molar-refractivity contribution in [2.45, 2.75) is 58.2 Å².